The molecule has 0 aliphatic carbocycles. The van der Waals surface area contributed by atoms with Gasteiger partial charge in [0.1, 0.15) is 11.6 Å². The van der Waals surface area contributed by atoms with E-state index >= 15 is 0 Å². The lowest BCUT2D eigenvalue weighted by atomic mass is 9.84. The summed E-state index contributed by atoms with van der Waals surface area (Å²) in [5.74, 6) is 1.64. The Kier molecular flexibility index (Phi) is 7.82. The molecule has 0 amide bonds. The molecule has 3 heteroatoms. The Hall–Kier alpha value is -7.62. The lowest BCUT2D eigenvalue weighted by molar-refractivity contribution is 1.13. The maximum Gasteiger partial charge on any atom is 0.138 e. The Bertz CT molecular complexity index is 3260. The van der Waals surface area contributed by atoms with E-state index in [1.165, 1.54) is 81.9 Å². The van der Waals surface area contributed by atoms with Crippen LogP contribution in [0, 0.1) is 0 Å². The van der Waals surface area contributed by atoms with Crippen LogP contribution < -0.4 is 4.90 Å². The van der Waals surface area contributed by atoms with Crippen LogP contribution >= 0.6 is 0 Å². The molecule has 0 fully saturated rings. The molecule has 0 unspecified atom stereocenters. The van der Waals surface area contributed by atoms with Gasteiger partial charge in [-0.25, -0.2) is 9.97 Å². The molecule has 0 saturated heterocycles. The summed E-state index contributed by atoms with van der Waals surface area (Å²) in [6, 6.07) is 72.4. The predicted octanol–water partition coefficient (Wildman–Crippen LogP) is 14.7. The van der Waals surface area contributed by atoms with Crippen LogP contribution in [-0.2, 0) is 0 Å². The van der Waals surface area contributed by atoms with E-state index in [2.05, 4.69) is 179 Å². The highest BCUT2D eigenvalue weighted by Gasteiger charge is 2.19. The number of benzene rings is 9. The first-order valence-electron chi connectivity index (χ1n) is 19.4. The Morgan fingerprint density at radius 3 is 1.32 bits per heavy atom. The smallest absolute Gasteiger partial charge is 0.138 e. The number of aromatic nitrogens is 2. The van der Waals surface area contributed by atoms with E-state index in [1.807, 2.05) is 48.8 Å². The number of anilines is 3. The van der Waals surface area contributed by atoms with Gasteiger partial charge in [0.25, 0.3) is 0 Å². The van der Waals surface area contributed by atoms with Gasteiger partial charge in [-0.1, -0.05) is 140 Å². The van der Waals surface area contributed by atoms with Gasteiger partial charge in [-0.2, -0.15) is 0 Å². The third-order valence-electron chi connectivity index (χ3n) is 11.3. The second-order valence-electron chi connectivity index (χ2n) is 14.6. The van der Waals surface area contributed by atoms with Crippen LogP contribution in [0.15, 0.2) is 213 Å². The summed E-state index contributed by atoms with van der Waals surface area (Å²) in [4.78, 5) is 11.5. The molecule has 0 bridgehead atoms. The van der Waals surface area contributed by atoms with Gasteiger partial charge in [0.05, 0.1) is 0 Å². The molecule has 2 heterocycles. The zero-order valence-electron chi connectivity index (χ0n) is 31.0. The van der Waals surface area contributed by atoms with Crippen LogP contribution in [0.25, 0.3) is 87.2 Å². The van der Waals surface area contributed by atoms with Gasteiger partial charge in [0, 0.05) is 18.1 Å². The summed E-state index contributed by atoms with van der Waals surface area (Å²) < 4.78 is 0. The summed E-state index contributed by atoms with van der Waals surface area (Å²) in [5, 5.41) is 12.3. The Labute approximate surface area is 330 Å². The normalized spacial score (nSPS) is 11.5. The van der Waals surface area contributed by atoms with Gasteiger partial charge in [0.2, 0.25) is 0 Å². The maximum absolute atomic E-state index is 4.68. The molecule has 3 nitrogen and oxygen atoms in total. The Morgan fingerprint density at radius 2 is 0.702 bits per heavy atom. The van der Waals surface area contributed by atoms with Crippen LogP contribution in [0.1, 0.15) is 0 Å². The lowest BCUT2D eigenvalue weighted by Crippen LogP contribution is -2.12. The van der Waals surface area contributed by atoms with E-state index in [0.29, 0.717) is 0 Å². The van der Waals surface area contributed by atoms with Crippen molar-refractivity contribution in [1.29, 1.82) is 0 Å². The molecule has 11 rings (SSSR count). The fourth-order valence-electron chi connectivity index (χ4n) is 8.58. The van der Waals surface area contributed by atoms with E-state index in [9.17, 15) is 0 Å². The summed E-state index contributed by atoms with van der Waals surface area (Å²) in [7, 11) is 0. The minimum absolute atomic E-state index is 0.820. The fraction of sp³-hybridized carbons (Fsp3) is 0. The van der Waals surface area contributed by atoms with Gasteiger partial charge < -0.3 is 0 Å². The molecular formula is C54H35N3. The zero-order chi connectivity index (χ0) is 37.7. The predicted molar refractivity (Wildman–Crippen MR) is 241 cm³/mol. The van der Waals surface area contributed by atoms with Crippen molar-refractivity contribution in [3.63, 3.8) is 0 Å². The quantitative estimate of drug-likeness (QED) is 0.160. The van der Waals surface area contributed by atoms with Crippen LogP contribution in [0.5, 0.6) is 0 Å². The number of nitrogens with zero attached hydrogens (tertiary/aromatic N) is 3. The molecule has 0 spiro atoms. The van der Waals surface area contributed by atoms with Gasteiger partial charge in [-0.15, -0.1) is 0 Å². The average Bonchev–Trinajstić information content (AvgIpc) is 3.28. The second kappa shape index (κ2) is 13.6. The monoisotopic (exact) mass is 725 g/mol. The summed E-state index contributed by atoms with van der Waals surface area (Å²) in [6.45, 7) is 0. The fourth-order valence-corrected chi connectivity index (χ4v) is 8.58. The minimum Gasteiger partial charge on any atom is -0.279 e. The first-order valence-corrected chi connectivity index (χ1v) is 19.4. The summed E-state index contributed by atoms with van der Waals surface area (Å²) in [5.41, 5.74) is 8.32. The van der Waals surface area contributed by atoms with Crippen molar-refractivity contribution in [2.75, 3.05) is 4.90 Å². The maximum atomic E-state index is 4.68. The van der Waals surface area contributed by atoms with E-state index in [-0.39, 0.29) is 0 Å². The molecule has 11 aromatic rings. The molecule has 2 aromatic heterocycles. The molecule has 9 aromatic carbocycles. The highest BCUT2D eigenvalue weighted by Crippen LogP contribution is 2.46. The zero-order valence-corrected chi connectivity index (χ0v) is 31.0. The Morgan fingerprint density at radius 1 is 0.281 bits per heavy atom. The number of rotatable bonds is 6. The molecular weight excluding hydrogens is 691 g/mol. The minimum atomic E-state index is 0.820. The number of hydrogen-bond acceptors (Lipinski definition) is 3. The molecule has 0 aliphatic heterocycles. The van der Waals surface area contributed by atoms with E-state index in [4.69, 9.17) is 0 Å². The van der Waals surface area contributed by atoms with Crippen molar-refractivity contribution in [3.8, 4) is 33.4 Å². The third kappa shape index (κ3) is 5.76. The number of fused-ring (bicyclic) bond motifs is 5. The van der Waals surface area contributed by atoms with Crippen molar-refractivity contribution in [2.45, 2.75) is 0 Å². The van der Waals surface area contributed by atoms with Crippen molar-refractivity contribution in [3.05, 3.63) is 213 Å². The van der Waals surface area contributed by atoms with Crippen molar-refractivity contribution in [1.82, 2.24) is 9.97 Å². The lowest BCUT2D eigenvalue weighted by Gasteiger charge is -2.23. The second-order valence-corrected chi connectivity index (χ2v) is 14.6. The van der Waals surface area contributed by atoms with Crippen LogP contribution in [0.2, 0.25) is 0 Å². The first kappa shape index (κ1) is 32.8. The van der Waals surface area contributed by atoms with Crippen LogP contribution in [-0.4, -0.2) is 9.97 Å². The van der Waals surface area contributed by atoms with Gasteiger partial charge in [-0.3, -0.25) is 4.90 Å². The van der Waals surface area contributed by atoms with Crippen LogP contribution in [0.4, 0.5) is 17.3 Å². The van der Waals surface area contributed by atoms with Gasteiger partial charge in [-0.05, 0) is 148 Å². The summed E-state index contributed by atoms with van der Waals surface area (Å²) in [6.07, 6.45) is 3.64. The van der Waals surface area contributed by atoms with Crippen molar-refractivity contribution >= 4 is 71.2 Å². The molecule has 0 N–H and O–H groups in total. The first-order chi connectivity index (χ1) is 28.2. The number of hydrogen-bond donors (Lipinski definition) is 0. The average molecular weight is 726 g/mol. The van der Waals surface area contributed by atoms with E-state index < -0.39 is 0 Å². The van der Waals surface area contributed by atoms with Crippen molar-refractivity contribution in [2.24, 2.45) is 0 Å². The highest BCUT2D eigenvalue weighted by atomic mass is 15.2. The Balaban J connectivity index is 1.11. The largest absolute Gasteiger partial charge is 0.279 e. The highest BCUT2D eigenvalue weighted by molar-refractivity contribution is 6.22. The standard InChI is InChI=1S/C54H35N3/c1-3-13-38-32-44(23-19-36(38)11-1)53-47-15-5-6-16-48(47)54(45-24-20-37-12-2-4-14-39(37)33-45)50-35-43(26-28-49(50)53)40-21-22-42-34-46(27-25-41(42)31-40)57(51-17-7-9-29-55-51)52-18-8-10-30-56-52/h1-35H. The van der Waals surface area contributed by atoms with E-state index in [0.717, 1.165) is 22.7 Å². The molecule has 0 atom stereocenters. The van der Waals surface area contributed by atoms with Gasteiger partial charge in [0.15, 0.2) is 0 Å². The number of pyridine rings is 2. The van der Waals surface area contributed by atoms with Gasteiger partial charge >= 0.3 is 0 Å². The molecule has 0 saturated carbocycles. The summed E-state index contributed by atoms with van der Waals surface area (Å²) >= 11 is 0. The van der Waals surface area contributed by atoms with Crippen molar-refractivity contribution < 1.29 is 0 Å². The topological polar surface area (TPSA) is 29.0 Å². The SMILES string of the molecule is c1ccc(N(c2ccc3cc(-c4ccc5c(-c6ccc7ccccc7c6)c6ccccc6c(-c6ccc7ccccc7c6)c5c4)ccc3c2)c2ccccn2)nc1. The molecule has 0 radical (unpaired) electrons. The van der Waals surface area contributed by atoms with Crippen LogP contribution in [0.3, 0.4) is 0 Å². The molecule has 57 heavy (non-hydrogen) atoms. The molecule has 0 aliphatic rings. The van der Waals surface area contributed by atoms with E-state index in [1.54, 1.807) is 0 Å². The third-order valence-corrected chi connectivity index (χ3v) is 11.3. The molecule has 266 valence electrons.